The van der Waals surface area contributed by atoms with Crippen molar-refractivity contribution in [1.82, 2.24) is 4.90 Å². The Hall–Kier alpha value is -0.433. The van der Waals surface area contributed by atoms with Crippen LogP contribution in [-0.4, -0.2) is 52.7 Å². The van der Waals surface area contributed by atoms with Crippen molar-refractivity contribution < 1.29 is 13.6 Å². The first-order chi connectivity index (χ1) is 7.50. The molecule has 16 heavy (non-hydrogen) atoms. The molecule has 1 aliphatic rings. The van der Waals surface area contributed by atoms with E-state index in [0.717, 1.165) is 19.0 Å². The zero-order valence-electron chi connectivity index (χ0n) is 10.4. The lowest BCUT2D eigenvalue weighted by Gasteiger charge is -2.24. The summed E-state index contributed by atoms with van der Waals surface area (Å²) in [6.07, 6.45) is 1.41. The van der Waals surface area contributed by atoms with Gasteiger partial charge in [0.15, 0.2) is 0 Å². The third-order valence-corrected chi connectivity index (χ3v) is 6.16. The van der Waals surface area contributed by atoms with Gasteiger partial charge >= 0.3 is 8.56 Å². The first-order valence-electron chi connectivity index (χ1n) is 5.64. The minimum atomic E-state index is -1.98. The third kappa shape index (κ3) is 3.55. The molecule has 1 amide bonds. The number of hydrogen-bond acceptors (Lipinski definition) is 4. The van der Waals surface area contributed by atoms with Crippen LogP contribution in [0.2, 0.25) is 12.6 Å². The van der Waals surface area contributed by atoms with Crippen molar-refractivity contribution in [1.29, 1.82) is 0 Å². The van der Waals surface area contributed by atoms with Crippen LogP contribution < -0.4 is 5.73 Å². The number of amides is 1. The van der Waals surface area contributed by atoms with Gasteiger partial charge in [-0.2, -0.15) is 0 Å². The van der Waals surface area contributed by atoms with E-state index in [9.17, 15) is 4.79 Å². The first-order valence-corrected chi connectivity index (χ1v) is 8.17. The summed E-state index contributed by atoms with van der Waals surface area (Å²) in [6, 6.07) is 0.917. The van der Waals surface area contributed by atoms with Crippen molar-refractivity contribution in [2.45, 2.75) is 31.5 Å². The lowest BCUT2D eigenvalue weighted by molar-refractivity contribution is -0.127. The fourth-order valence-corrected chi connectivity index (χ4v) is 3.27. The molecule has 1 atom stereocenters. The lowest BCUT2D eigenvalue weighted by Crippen LogP contribution is -2.37. The highest BCUT2D eigenvalue weighted by atomic mass is 28.4. The average molecular weight is 246 g/mol. The van der Waals surface area contributed by atoms with Crippen LogP contribution >= 0.6 is 0 Å². The summed E-state index contributed by atoms with van der Waals surface area (Å²) in [5, 5.41) is 0. The van der Waals surface area contributed by atoms with Crippen molar-refractivity contribution in [3.05, 3.63) is 0 Å². The van der Waals surface area contributed by atoms with Gasteiger partial charge in [-0.05, 0) is 19.0 Å². The molecule has 1 heterocycles. The highest BCUT2D eigenvalue weighted by Crippen LogP contribution is 2.16. The Morgan fingerprint density at radius 2 is 2.12 bits per heavy atom. The molecule has 0 radical (unpaired) electrons. The quantitative estimate of drug-likeness (QED) is 0.685. The monoisotopic (exact) mass is 246 g/mol. The SMILES string of the molecule is CO[Si](C)(CCCN1CC(N)CC1=O)OC. The van der Waals surface area contributed by atoms with Gasteiger partial charge in [0.05, 0.1) is 0 Å². The standard InChI is InChI=1S/C10H22N2O3Si/c1-14-16(3,15-2)6-4-5-12-8-9(11)7-10(12)13/h9H,4-8,11H2,1-3H3. The molecule has 0 aromatic carbocycles. The van der Waals surface area contributed by atoms with E-state index >= 15 is 0 Å². The van der Waals surface area contributed by atoms with E-state index in [-0.39, 0.29) is 11.9 Å². The molecule has 1 saturated heterocycles. The maximum Gasteiger partial charge on any atom is 0.334 e. The predicted octanol–water partition coefficient (Wildman–Crippen LogP) is 0.301. The topological polar surface area (TPSA) is 64.8 Å². The van der Waals surface area contributed by atoms with Gasteiger partial charge in [-0.3, -0.25) is 4.79 Å². The van der Waals surface area contributed by atoms with Gasteiger partial charge in [0.1, 0.15) is 0 Å². The van der Waals surface area contributed by atoms with Gasteiger partial charge in [-0.25, -0.2) is 0 Å². The van der Waals surface area contributed by atoms with E-state index in [2.05, 4.69) is 0 Å². The molecule has 0 spiro atoms. The summed E-state index contributed by atoms with van der Waals surface area (Å²) in [5.74, 6) is 0.172. The number of carbonyl (C=O) groups is 1. The number of hydrogen-bond donors (Lipinski definition) is 1. The van der Waals surface area contributed by atoms with Gasteiger partial charge in [0, 0.05) is 39.8 Å². The van der Waals surface area contributed by atoms with Crippen LogP contribution in [0, 0.1) is 0 Å². The zero-order valence-corrected chi connectivity index (χ0v) is 11.4. The van der Waals surface area contributed by atoms with E-state index in [1.165, 1.54) is 0 Å². The summed E-state index contributed by atoms with van der Waals surface area (Å²) in [4.78, 5) is 13.3. The molecule has 94 valence electrons. The minimum Gasteiger partial charge on any atom is -0.398 e. The Morgan fingerprint density at radius 3 is 2.56 bits per heavy atom. The number of carbonyl (C=O) groups excluding carboxylic acids is 1. The smallest absolute Gasteiger partial charge is 0.334 e. The summed E-state index contributed by atoms with van der Waals surface area (Å²) in [7, 11) is 1.40. The maximum absolute atomic E-state index is 11.5. The van der Waals surface area contributed by atoms with Crippen LogP contribution in [0.1, 0.15) is 12.8 Å². The molecule has 0 saturated carbocycles. The van der Waals surface area contributed by atoms with Crippen LogP contribution in [0.25, 0.3) is 0 Å². The molecule has 2 N–H and O–H groups in total. The maximum atomic E-state index is 11.5. The Balaban J connectivity index is 2.28. The molecule has 0 aliphatic carbocycles. The van der Waals surface area contributed by atoms with Crippen LogP contribution in [0.15, 0.2) is 0 Å². The van der Waals surface area contributed by atoms with Crippen molar-refractivity contribution in [2.24, 2.45) is 5.73 Å². The van der Waals surface area contributed by atoms with E-state index in [0.29, 0.717) is 13.0 Å². The van der Waals surface area contributed by atoms with Crippen LogP contribution in [0.4, 0.5) is 0 Å². The van der Waals surface area contributed by atoms with Crippen molar-refractivity contribution >= 4 is 14.5 Å². The highest BCUT2D eigenvalue weighted by molar-refractivity contribution is 6.65. The summed E-state index contributed by atoms with van der Waals surface area (Å²) >= 11 is 0. The predicted molar refractivity (Wildman–Crippen MR) is 64.2 cm³/mol. The summed E-state index contributed by atoms with van der Waals surface area (Å²) < 4.78 is 10.8. The van der Waals surface area contributed by atoms with E-state index < -0.39 is 8.56 Å². The van der Waals surface area contributed by atoms with Crippen molar-refractivity contribution in [3.63, 3.8) is 0 Å². The minimum absolute atomic E-state index is 0.0148. The number of rotatable bonds is 6. The normalized spacial score (nSPS) is 21.9. The molecular formula is C10H22N2O3Si. The van der Waals surface area contributed by atoms with Crippen molar-refractivity contribution in [3.8, 4) is 0 Å². The highest BCUT2D eigenvalue weighted by Gasteiger charge is 2.30. The average Bonchev–Trinajstić information content (AvgIpc) is 2.57. The molecule has 0 bridgehead atoms. The Morgan fingerprint density at radius 1 is 1.50 bits per heavy atom. The Kier molecular flexibility index (Phi) is 4.91. The molecule has 1 rings (SSSR count). The molecule has 6 heteroatoms. The van der Waals surface area contributed by atoms with E-state index in [1.807, 2.05) is 11.4 Å². The largest absolute Gasteiger partial charge is 0.398 e. The number of nitrogens with two attached hydrogens (primary N) is 1. The van der Waals surface area contributed by atoms with Crippen LogP contribution in [0.3, 0.4) is 0 Å². The number of likely N-dealkylation sites (tertiary alicyclic amines) is 1. The van der Waals surface area contributed by atoms with Gasteiger partial charge in [0.2, 0.25) is 5.91 Å². The molecule has 0 aromatic rings. The second-order valence-corrected chi connectivity index (χ2v) is 8.03. The van der Waals surface area contributed by atoms with Gasteiger partial charge in [0.25, 0.3) is 0 Å². The lowest BCUT2D eigenvalue weighted by atomic mass is 10.3. The van der Waals surface area contributed by atoms with E-state index in [1.54, 1.807) is 14.2 Å². The van der Waals surface area contributed by atoms with Crippen LogP contribution in [0.5, 0.6) is 0 Å². The first kappa shape index (κ1) is 13.6. The van der Waals surface area contributed by atoms with Crippen LogP contribution in [-0.2, 0) is 13.6 Å². The van der Waals surface area contributed by atoms with Crippen molar-refractivity contribution in [2.75, 3.05) is 27.3 Å². The molecule has 1 aliphatic heterocycles. The summed E-state index contributed by atoms with van der Waals surface area (Å²) in [6.45, 7) is 3.49. The summed E-state index contributed by atoms with van der Waals surface area (Å²) in [5.41, 5.74) is 5.72. The Labute approximate surface area is 98.1 Å². The molecule has 1 fully saturated rings. The third-order valence-electron chi connectivity index (χ3n) is 3.17. The molecule has 0 aromatic heterocycles. The second kappa shape index (κ2) is 5.76. The van der Waals surface area contributed by atoms with Gasteiger partial charge in [-0.1, -0.05) is 0 Å². The fourth-order valence-electron chi connectivity index (χ4n) is 1.90. The second-order valence-electron chi connectivity index (χ2n) is 4.45. The van der Waals surface area contributed by atoms with Gasteiger partial charge < -0.3 is 19.5 Å². The Bertz CT molecular complexity index is 246. The molecule has 1 unspecified atom stereocenters. The van der Waals surface area contributed by atoms with Gasteiger partial charge in [-0.15, -0.1) is 0 Å². The molecule has 5 nitrogen and oxygen atoms in total. The zero-order chi connectivity index (χ0) is 12.2. The van der Waals surface area contributed by atoms with E-state index in [4.69, 9.17) is 14.6 Å². The number of nitrogens with zero attached hydrogens (tertiary/aromatic N) is 1. The molecular weight excluding hydrogens is 224 g/mol. The fraction of sp³-hybridized carbons (Fsp3) is 0.900.